The van der Waals surface area contributed by atoms with Crippen LogP contribution < -0.4 is 10.9 Å². The lowest BCUT2D eigenvalue weighted by molar-refractivity contribution is -0.121. The fraction of sp³-hybridized carbons (Fsp3) is 0.240. The molecule has 0 saturated carbocycles. The van der Waals surface area contributed by atoms with Crippen LogP contribution in [0.1, 0.15) is 29.3 Å². The summed E-state index contributed by atoms with van der Waals surface area (Å²) in [5.41, 5.74) is 5.09. The number of nitrogens with zero attached hydrogens (tertiary/aromatic N) is 3. The highest BCUT2D eigenvalue weighted by atomic mass is 35.5. The Labute approximate surface area is 191 Å². The summed E-state index contributed by atoms with van der Waals surface area (Å²) in [6, 6.07) is 16.8. The topological polar surface area (TPSA) is 68.9 Å². The molecule has 2 heterocycles. The number of carbonyl (C=O) groups excluding carboxylic acids is 1. The number of benzene rings is 2. The molecule has 4 rings (SSSR count). The molecule has 0 saturated heterocycles. The van der Waals surface area contributed by atoms with Gasteiger partial charge in [0.25, 0.3) is 5.56 Å². The minimum atomic E-state index is -0.248. The Morgan fingerprint density at radius 1 is 1.06 bits per heavy atom. The highest BCUT2D eigenvalue weighted by molar-refractivity contribution is 6.30. The standard InChI is InChI=1S/C25H25ClN4O2/c1-4-19-13-23(32)29(15-22(31)27-14-18-7-9-20(26)10-8-18)25-24(19)17(3)28-30(25)21-11-5-16(2)6-12-21/h5-13H,4,14-15H2,1-3H3,(H,27,31). The van der Waals surface area contributed by atoms with E-state index < -0.39 is 0 Å². The van der Waals surface area contributed by atoms with Crippen LogP contribution in [0.5, 0.6) is 0 Å². The maximum atomic E-state index is 13.0. The number of hydrogen-bond donors (Lipinski definition) is 1. The van der Waals surface area contributed by atoms with Crippen molar-refractivity contribution in [2.24, 2.45) is 0 Å². The summed E-state index contributed by atoms with van der Waals surface area (Å²) in [6.07, 6.45) is 0.704. The molecule has 6 nitrogen and oxygen atoms in total. The van der Waals surface area contributed by atoms with E-state index >= 15 is 0 Å². The molecule has 0 fully saturated rings. The molecule has 0 bridgehead atoms. The van der Waals surface area contributed by atoms with Crippen LogP contribution >= 0.6 is 11.6 Å². The van der Waals surface area contributed by atoms with E-state index in [4.69, 9.17) is 16.7 Å². The number of carbonyl (C=O) groups is 1. The number of rotatable bonds is 6. The van der Waals surface area contributed by atoms with Crippen LogP contribution in [0.2, 0.25) is 5.02 Å². The summed E-state index contributed by atoms with van der Waals surface area (Å²) in [4.78, 5) is 25.8. The Morgan fingerprint density at radius 2 is 1.75 bits per heavy atom. The molecule has 1 amide bonds. The van der Waals surface area contributed by atoms with Crippen molar-refractivity contribution in [2.45, 2.75) is 40.3 Å². The molecule has 164 valence electrons. The van der Waals surface area contributed by atoms with Gasteiger partial charge in [0.05, 0.1) is 11.4 Å². The van der Waals surface area contributed by atoms with E-state index in [2.05, 4.69) is 5.32 Å². The highest BCUT2D eigenvalue weighted by Crippen LogP contribution is 2.25. The second-order valence-electron chi connectivity index (χ2n) is 7.88. The van der Waals surface area contributed by atoms with E-state index in [1.807, 2.05) is 57.2 Å². The number of halogens is 1. The number of amides is 1. The number of fused-ring (bicyclic) bond motifs is 1. The van der Waals surface area contributed by atoms with Crippen molar-refractivity contribution in [1.82, 2.24) is 19.7 Å². The van der Waals surface area contributed by atoms with Crippen molar-refractivity contribution in [2.75, 3.05) is 0 Å². The van der Waals surface area contributed by atoms with E-state index in [1.165, 1.54) is 4.57 Å². The van der Waals surface area contributed by atoms with Gasteiger partial charge in [0.15, 0.2) is 0 Å². The molecule has 0 radical (unpaired) electrons. The van der Waals surface area contributed by atoms with Crippen molar-refractivity contribution >= 4 is 28.5 Å². The third kappa shape index (κ3) is 4.32. The van der Waals surface area contributed by atoms with E-state index in [0.29, 0.717) is 23.6 Å². The van der Waals surface area contributed by atoms with Gasteiger partial charge < -0.3 is 5.32 Å². The number of aromatic nitrogens is 3. The fourth-order valence-electron chi connectivity index (χ4n) is 3.84. The molecule has 0 spiro atoms. The molecule has 1 N–H and O–H groups in total. The van der Waals surface area contributed by atoms with E-state index in [0.717, 1.165) is 33.5 Å². The minimum absolute atomic E-state index is 0.0933. The average Bonchev–Trinajstić information content (AvgIpc) is 3.13. The second-order valence-corrected chi connectivity index (χ2v) is 8.32. The predicted octanol–water partition coefficient (Wildman–Crippen LogP) is 4.34. The molecule has 2 aromatic heterocycles. The number of nitrogens with one attached hydrogen (secondary N) is 1. The van der Waals surface area contributed by atoms with Crippen LogP contribution in [0.15, 0.2) is 59.4 Å². The van der Waals surface area contributed by atoms with Gasteiger partial charge in [-0.25, -0.2) is 4.68 Å². The van der Waals surface area contributed by atoms with Gasteiger partial charge in [0.1, 0.15) is 12.2 Å². The molecule has 0 aliphatic heterocycles. The molecule has 2 aromatic carbocycles. The third-order valence-electron chi connectivity index (χ3n) is 5.54. The largest absolute Gasteiger partial charge is 0.350 e. The van der Waals surface area contributed by atoms with Crippen LogP contribution in [0.4, 0.5) is 0 Å². The van der Waals surface area contributed by atoms with Gasteiger partial charge >= 0.3 is 0 Å². The summed E-state index contributed by atoms with van der Waals surface area (Å²) >= 11 is 5.92. The van der Waals surface area contributed by atoms with Crippen molar-refractivity contribution < 1.29 is 4.79 Å². The molecule has 4 aromatic rings. The Morgan fingerprint density at radius 3 is 2.41 bits per heavy atom. The second kappa shape index (κ2) is 9.01. The van der Waals surface area contributed by atoms with Crippen LogP contribution in [0.25, 0.3) is 16.7 Å². The summed E-state index contributed by atoms with van der Waals surface area (Å²) in [6.45, 7) is 6.23. The van der Waals surface area contributed by atoms with Gasteiger partial charge in [-0.05, 0) is 55.7 Å². The first-order valence-corrected chi connectivity index (χ1v) is 11.0. The van der Waals surface area contributed by atoms with Crippen LogP contribution in [0, 0.1) is 13.8 Å². The summed E-state index contributed by atoms with van der Waals surface area (Å²) in [5, 5.41) is 9.17. The summed E-state index contributed by atoms with van der Waals surface area (Å²) in [5.74, 6) is -0.248. The Bertz CT molecular complexity index is 1340. The zero-order valence-electron chi connectivity index (χ0n) is 18.4. The van der Waals surface area contributed by atoms with Crippen molar-refractivity contribution in [3.63, 3.8) is 0 Å². The van der Waals surface area contributed by atoms with Gasteiger partial charge in [-0.1, -0.05) is 48.4 Å². The van der Waals surface area contributed by atoms with Crippen LogP contribution in [-0.2, 0) is 24.3 Å². The first-order chi connectivity index (χ1) is 15.4. The average molecular weight is 449 g/mol. The van der Waals surface area contributed by atoms with Gasteiger partial charge in [-0.15, -0.1) is 0 Å². The summed E-state index contributed by atoms with van der Waals surface area (Å²) < 4.78 is 3.27. The van der Waals surface area contributed by atoms with Gasteiger partial charge in [-0.2, -0.15) is 5.10 Å². The molecular formula is C25H25ClN4O2. The molecule has 32 heavy (non-hydrogen) atoms. The zero-order chi connectivity index (χ0) is 22.8. The van der Waals surface area contributed by atoms with Crippen LogP contribution in [0.3, 0.4) is 0 Å². The molecule has 0 aliphatic carbocycles. The Hall–Kier alpha value is -3.38. The summed E-state index contributed by atoms with van der Waals surface area (Å²) in [7, 11) is 0. The highest BCUT2D eigenvalue weighted by Gasteiger charge is 2.19. The Kier molecular flexibility index (Phi) is 6.15. The Balaban J connectivity index is 1.73. The maximum Gasteiger partial charge on any atom is 0.252 e. The first-order valence-electron chi connectivity index (χ1n) is 10.6. The third-order valence-corrected chi connectivity index (χ3v) is 5.79. The lowest BCUT2D eigenvalue weighted by atomic mass is 10.1. The molecule has 7 heteroatoms. The maximum absolute atomic E-state index is 13.0. The molecule has 0 atom stereocenters. The minimum Gasteiger partial charge on any atom is -0.350 e. The lowest BCUT2D eigenvalue weighted by Crippen LogP contribution is -2.33. The molecule has 0 unspecified atom stereocenters. The van der Waals surface area contributed by atoms with Crippen molar-refractivity contribution in [3.05, 3.63) is 92.4 Å². The SMILES string of the molecule is CCc1cc(=O)n(CC(=O)NCc2ccc(Cl)cc2)c2c1c(C)nn2-c1ccc(C)cc1. The normalized spacial score (nSPS) is 11.1. The van der Waals surface area contributed by atoms with Gasteiger partial charge in [-0.3, -0.25) is 14.2 Å². The predicted molar refractivity (Wildman–Crippen MR) is 127 cm³/mol. The van der Waals surface area contributed by atoms with Crippen molar-refractivity contribution in [3.8, 4) is 5.69 Å². The quantitative estimate of drug-likeness (QED) is 0.477. The smallest absolute Gasteiger partial charge is 0.252 e. The van der Waals surface area contributed by atoms with E-state index in [9.17, 15) is 9.59 Å². The number of aryl methyl sites for hydroxylation is 3. The van der Waals surface area contributed by atoms with Gasteiger partial charge in [0.2, 0.25) is 5.91 Å². The molecular weight excluding hydrogens is 424 g/mol. The lowest BCUT2D eigenvalue weighted by Gasteiger charge is -2.13. The van der Waals surface area contributed by atoms with Gasteiger partial charge in [0, 0.05) is 23.0 Å². The van der Waals surface area contributed by atoms with E-state index in [1.54, 1.807) is 22.9 Å². The molecule has 0 aliphatic rings. The zero-order valence-corrected chi connectivity index (χ0v) is 19.1. The number of hydrogen-bond acceptors (Lipinski definition) is 3. The monoisotopic (exact) mass is 448 g/mol. The van der Waals surface area contributed by atoms with Crippen LogP contribution in [-0.4, -0.2) is 20.3 Å². The number of pyridine rings is 1. The first kappa shape index (κ1) is 21.8. The van der Waals surface area contributed by atoms with E-state index in [-0.39, 0.29) is 18.0 Å². The fourth-order valence-corrected chi connectivity index (χ4v) is 3.97. The van der Waals surface area contributed by atoms with Crippen molar-refractivity contribution in [1.29, 1.82) is 0 Å².